The van der Waals surface area contributed by atoms with Crippen molar-refractivity contribution in [3.63, 3.8) is 0 Å². The highest BCUT2D eigenvalue weighted by molar-refractivity contribution is 8.03. The van der Waals surface area contributed by atoms with Gasteiger partial charge in [0.1, 0.15) is 10.4 Å². The van der Waals surface area contributed by atoms with Crippen LogP contribution < -0.4 is 10.6 Å². The second kappa shape index (κ2) is 6.13. The highest BCUT2D eigenvalue weighted by Gasteiger charge is 2.33. The third kappa shape index (κ3) is 3.13. The molecule has 0 bridgehead atoms. The van der Waals surface area contributed by atoms with Crippen molar-refractivity contribution in [2.24, 2.45) is 5.92 Å². The maximum Gasteiger partial charge on any atom is 0.227 e. The molecule has 3 nitrogen and oxygen atoms in total. The van der Waals surface area contributed by atoms with Gasteiger partial charge in [0.25, 0.3) is 0 Å². The fourth-order valence-electron chi connectivity index (χ4n) is 2.65. The van der Waals surface area contributed by atoms with Gasteiger partial charge in [-0.25, -0.2) is 0 Å². The average molecular weight is 322 g/mol. The molecular formula is C19H18N2OS. The quantitative estimate of drug-likeness (QED) is 0.898. The van der Waals surface area contributed by atoms with E-state index in [0.29, 0.717) is 0 Å². The second-order valence-corrected chi connectivity index (χ2v) is 7.00. The molecule has 1 aliphatic heterocycles. The molecule has 4 rings (SSSR count). The monoisotopic (exact) mass is 322 g/mol. The molecule has 1 unspecified atom stereocenters. The van der Waals surface area contributed by atoms with Crippen LogP contribution in [0.15, 0.2) is 65.7 Å². The fourth-order valence-corrected chi connectivity index (χ4v) is 3.81. The van der Waals surface area contributed by atoms with Crippen LogP contribution >= 0.6 is 11.8 Å². The van der Waals surface area contributed by atoms with Gasteiger partial charge < -0.3 is 10.6 Å². The Balaban J connectivity index is 1.62. The normalized spacial score (nSPS) is 20.3. The Morgan fingerprint density at radius 1 is 1.00 bits per heavy atom. The molecule has 2 aromatic rings. The minimum Gasteiger partial charge on any atom is -0.367 e. The standard InChI is InChI=1S/C19H18N2OS/c22-17(14-11-12-14)21-19-16(13-7-3-1-4-8-13)20-18(23-19)15-9-5-2-6-10-15/h1-10,14,18,20H,11-12H2,(H,21,22). The van der Waals surface area contributed by atoms with Crippen LogP contribution in [-0.2, 0) is 4.79 Å². The zero-order valence-electron chi connectivity index (χ0n) is 12.7. The van der Waals surface area contributed by atoms with Crippen molar-refractivity contribution in [1.82, 2.24) is 10.6 Å². The van der Waals surface area contributed by atoms with E-state index in [4.69, 9.17) is 0 Å². The lowest BCUT2D eigenvalue weighted by molar-refractivity contribution is -0.121. The molecule has 116 valence electrons. The molecule has 1 aliphatic carbocycles. The van der Waals surface area contributed by atoms with Crippen molar-refractivity contribution in [2.75, 3.05) is 0 Å². The van der Waals surface area contributed by atoms with E-state index in [1.807, 2.05) is 36.4 Å². The average Bonchev–Trinajstić information content (AvgIpc) is 3.38. The highest BCUT2D eigenvalue weighted by atomic mass is 32.2. The van der Waals surface area contributed by atoms with Gasteiger partial charge in [-0.15, -0.1) is 0 Å². The highest BCUT2D eigenvalue weighted by Crippen LogP contribution is 2.42. The van der Waals surface area contributed by atoms with Crippen molar-refractivity contribution >= 4 is 23.4 Å². The molecule has 1 saturated carbocycles. The summed E-state index contributed by atoms with van der Waals surface area (Å²) in [6, 6.07) is 20.5. The predicted octanol–water partition coefficient (Wildman–Crippen LogP) is 3.87. The van der Waals surface area contributed by atoms with E-state index in [0.717, 1.165) is 29.1 Å². The van der Waals surface area contributed by atoms with Crippen LogP contribution in [0.3, 0.4) is 0 Å². The first kappa shape index (κ1) is 14.4. The molecule has 0 aromatic heterocycles. The third-order valence-electron chi connectivity index (χ3n) is 4.09. The van der Waals surface area contributed by atoms with Crippen LogP contribution in [-0.4, -0.2) is 5.91 Å². The van der Waals surface area contributed by atoms with E-state index in [9.17, 15) is 4.79 Å². The number of rotatable bonds is 4. The lowest BCUT2D eigenvalue weighted by atomic mass is 10.1. The summed E-state index contributed by atoms with van der Waals surface area (Å²) < 4.78 is 0. The molecule has 0 radical (unpaired) electrons. The zero-order chi connectivity index (χ0) is 15.6. The Bertz CT molecular complexity index is 738. The SMILES string of the molecule is O=C(NC1=C(c2ccccc2)NC(c2ccccc2)S1)C1CC1. The van der Waals surface area contributed by atoms with E-state index in [1.165, 1.54) is 5.56 Å². The lowest BCUT2D eigenvalue weighted by Crippen LogP contribution is -2.23. The van der Waals surface area contributed by atoms with E-state index in [2.05, 4.69) is 34.9 Å². The van der Waals surface area contributed by atoms with Gasteiger partial charge in [-0.05, 0) is 18.4 Å². The Labute approximate surface area is 140 Å². The van der Waals surface area contributed by atoms with E-state index >= 15 is 0 Å². The smallest absolute Gasteiger partial charge is 0.227 e. The Kier molecular flexibility index (Phi) is 3.83. The minimum absolute atomic E-state index is 0.126. The first-order valence-electron chi connectivity index (χ1n) is 7.90. The molecule has 0 spiro atoms. The summed E-state index contributed by atoms with van der Waals surface area (Å²) in [6.07, 6.45) is 2.03. The minimum atomic E-state index is 0.126. The Hall–Kier alpha value is -2.20. The van der Waals surface area contributed by atoms with Crippen LogP contribution in [0.4, 0.5) is 0 Å². The van der Waals surface area contributed by atoms with E-state index < -0.39 is 0 Å². The van der Waals surface area contributed by atoms with Gasteiger partial charge in [0.2, 0.25) is 5.91 Å². The predicted molar refractivity (Wildman–Crippen MR) is 94.1 cm³/mol. The molecule has 0 saturated heterocycles. The number of hydrogen-bond acceptors (Lipinski definition) is 3. The Morgan fingerprint density at radius 2 is 1.65 bits per heavy atom. The number of amides is 1. The van der Waals surface area contributed by atoms with Crippen molar-refractivity contribution in [2.45, 2.75) is 18.2 Å². The van der Waals surface area contributed by atoms with Gasteiger partial charge >= 0.3 is 0 Å². The molecule has 2 aliphatic rings. The molecule has 2 aromatic carbocycles. The van der Waals surface area contributed by atoms with Crippen LogP contribution in [0.1, 0.15) is 29.3 Å². The maximum absolute atomic E-state index is 12.2. The summed E-state index contributed by atoms with van der Waals surface area (Å²) in [5.74, 6) is 0.354. The maximum atomic E-state index is 12.2. The molecular weight excluding hydrogens is 304 g/mol. The molecule has 1 atom stereocenters. The van der Waals surface area contributed by atoms with Crippen molar-refractivity contribution in [3.8, 4) is 0 Å². The lowest BCUT2D eigenvalue weighted by Gasteiger charge is -2.12. The van der Waals surface area contributed by atoms with Crippen LogP contribution in [0.25, 0.3) is 5.70 Å². The van der Waals surface area contributed by atoms with E-state index in [1.54, 1.807) is 11.8 Å². The number of nitrogens with one attached hydrogen (secondary N) is 2. The third-order valence-corrected chi connectivity index (χ3v) is 5.26. The summed E-state index contributed by atoms with van der Waals surface area (Å²) in [5, 5.41) is 7.75. The molecule has 1 amide bonds. The van der Waals surface area contributed by atoms with Gasteiger partial charge in [-0.3, -0.25) is 4.79 Å². The molecule has 1 fully saturated rings. The van der Waals surface area contributed by atoms with Crippen LogP contribution in [0, 0.1) is 5.92 Å². The Morgan fingerprint density at radius 3 is 2.30 bits per heavy atom. The van der Waals surface area contributed by atoms with Crippen molar-refractivity contribution in [3.05, 3.63) is 76.8 Å². The second-order valence-electron chi connectivity index (χ2n) is 5.89. The summed E-state index contributed by atoms with van der Waals surface area (Å²) in [6.45, 7) is 0. The topological polar surface area (TPSA) is 41.1 Å². The van der Waals surface area contributed by atoms with Crippen LogP contribution in [0.2, 0.25) is 0 Å². The summed E-state index contributed by atoms with van der Waals surface area (Å²) in [7, 11) is 0. The summed E-state index contributed by atoms with van der Waals surface area (Å²) in [4.78, 5) is 12.2. The van der Waals surface area contributed by atoms with Gasteiger partial charge in [0.15, 0.2) is 0 Å². The van der Waals surface area contributed by atoms with Gasteiger partial charge in [-0.1, -0.05) is 72.4 Å². The number of carbonyl (C=O) groups excluding carboxylic acids is 1. The first-order chi connectivity index (χ1) is 11.3. The van der Waals surface area contributed by atoms with Gasteiger partial charge in [0, 0.05) is 11.5 Å². The van der Waals surface area contributed by atoms with E-state index in [-0.39, 0.29) is 17.2 Å². The molecule has 23 heavy (non-hydrogen) atoms. The van der Waals surface area contributed by atoms with Gasteiger partial charge in [0.05, 0.1) is 5.70 Å². The summed E-state index contributed by atoms with van der Waals surface area (Å²) in [5.41, 5.74) is 3.32. The van der Waals surface area contributed by atoms with Crippen LogP contribution in [0.5, 0.6) is 0 Å². The number of benzene rings is 2. The molecule has 4 heteroatoms. The number of carbonyl (C=O) groups is 1. The van der Waals surface area contributed by atoms with Gasteiger partial charge in [-0.2, -0.15) is 0 Å². The summed E-state index contributed by atoms with van der Waals surface area (Å²) >= 11 is 1.68. The fraction of sp³-hybridized carbons (Fsp3) is 0.211. The van der Waals surface area contributed by atoms with Crippen molar-refractivity contribution < 1.29 is 4.79 Å². The number of thioether (sulfide) groups is 1. The molecule has 2 N–H and O–H groups in total. The molecule has 1 heterocycles. The first-order valence-corrected chi connectivity index (χ1v) is 8.78. The van der Waals surface area contributed by atoms with Crippen molar-refractivity contribution in [1.29, 1.82) is 0 Å². The zero-order valence-corrected chi connectivity index (χ0v) is 13.5. The largest absolute Gasteiger partial charge is 0.367 e. The number of hydrogen-bond donors (Lipinski definition) is 2.